The van der Waals surface area contributed by atoms with Gasteiger partial charge in [0, 0.05) is 5.69 Å². The van der Waals surface area contributed by atoms with Crippen LogP contribution in [0.15, 0.2) is 18.2 Å². The number of carbonyl (C=O) groups is 1. The van der Waals surface area contributed by atoms with Gasteiger partial charge in [-0.3, -0.25) is 0 Å². The highest BCUT2D eigenvalue weighted by Gasteiger charge is 2.35. The Morgan fingerprint density at radius 1 is 1.25 bits per heavy atom. The van der Waals surface area contributed by atoms with Crippen LogP contribution in [0, 0.1) is 0 Å². The van der Waals surface area contributed by atoms with Crippen molar-refractivity contribution in [2.24, 2.45) is 0 Å². The van der Waals surface area contributed by atoms with Gasteiger partial charge in [0.1, 0.15) is 0 Å². The van der Waals surface area contributed by atoms with E-state index in [0.29, 0.717) is 6.07 Å². The van der Waals surface area contributed by atoms with Crippen molar-refractivity contribution < 1.29 is 33.3 Å². The van der Waals surface area contributed by atoms with Gasteiger partial charge in [0.15, 0.2) is 0 Å². The minimum Gasteiger partial charge on any atom is -0.478 e. The summed E-state index contributed by atoms with van der Waals surface area (Å²) in [6, 6.07) is 2.49. The summed E-state index contributed by atoms with van der Waals surface area (Å²) in [6.07, 6.45) is -4.77. The summed E-state index contributed by atoms with van der Waals surface area (Å²) >= 11 is 0. The standard InChI is InChI=1S/C12H14F3NO4/c1-11(5-17,6-18)16-7-2-3-9(12(13,14)15)8(4-7)10(19)20/h2-4,16-18H,5-6H2,1H3,(H,19,20). The van der Waals surface area contributed by atoms with Gasteiger partial charge in [-0.1, -0.05) is 0 Å². The molecular formula is C12H14F3NO4. The Kier molecular flexibility index (Phi) is 4.61. The van der Waals surface area contributed by atoms with Crippen LogP contribution in [-0.2, 0) is 6.18 Å². The molecule has 0 aliphatic carbocycles. The van der Waals surface area contributed by atoms with E-state index in [2.05, 4.69) is 5.32 Å². The molecule has 0 heterocycles. The minimum atomic E-state index is -4.77. The van der Waals surface area contributed by atoms with Gasteiger partial charge >= 0.3 is 12.1 Å². The van der Waals surface area contributed by atoms with Crippen molar-refractivity contribution in [1.82, 2.24) is 0 Å². The predicted octanol–water partition coefficient (Wildman–Crippen LogP) is 1.56. The zero-order valence-corrected chi connectivity index (χ0v) is 10.5. The van der Waals surface area contributed by atoms with E-state index in [4.69, 9.17) is 15.3 Å². The highest BCUT2D eigenvalue weighted by Crippen LogP contribution is 2.33. The maximum Gasteiger partial charge on any atom is 0.417 e. The lowest BCUT2D eigenvalue weighted by molar-refractivity contribution is -0.138. The highest BCUT2D eigenvalue weighted by atomic mass is 19.4. The average molecular weight is 293 g/mol. The highest BCUT2D eigenvalue weighted by molar-refractivity contribution is 5.91. The Hall–Kier alpha value is -1.80. The fraction of sp³-hybridized carbons (Fsp3) is 0.417. The first-order chi connectivity index (χ1) is 9.13. The van der Waals surface area contributed by atoms with E-state index >= 15 is 0 Å². The quantitative estimate of drug-likeness (QED) is 0.661. The molecule has 5 nitrogen and oxygen atoms in total. The van der Waals surface area contributed by atoms with Gasteiger partial charge < -0.3 is 20.6 Å². The molecule has 0 saturated heterocycles. The average Bonchev–Trinajstić information content (AvgIpc) is 2.37. The van der Waals surface area contributed by atoms with Crippen LogP contribution in [0.4, 0.5) is 18.9 Å². The molecule has 0 aliphatic heterocycles. The third-order valence-electron chi connectivity index (χ3n) is 2.70. The Morgan fingerprint density at radius 2 is 1.80 bits per heavy atom. The van der Waals surface area contributed by atoms with Gasteiger partial charge in [0.2, 0.25) is 0 Å². The van der Waals surface area contributed by atoms with Crippen LogP contribution in [0.5, 0.6) is 0 Å². The van der Waals surface area contributed by atoms with E-state index in [0.717, 1.165) is 12.1 Å². The Bertz CT molecular complexity index is 498. The Labute approximate surface area is 112 Å². The summed E-state index contributed by atoms with van der Waals surface area (Å²) in [7, 11) is 0. The molecule has 0 saturated carbocycles. The summed E-state index contributed by atoms with van der Waals surface area (Å²) in [4.78, 5) is 10.9. The van der Waals surface area contributed by atoms with E-state index in [1.54, 1.807) is 0 Å². The molecule has 1 rings (SSSR count). The maximum atomic E-state index is 12.6. The summed E-state index contributed by atoms with van der Waals surface area (Å²) in [5, 5.41) is 29.6. The molecule has 0 aliphatic rings. The van der Waals surface area contributed by atoms with Gasteiger partial charge in [0.25, 0.3) is 0 Å². The number of rotatable bonds is 5. The van der Waals surface area contributed by atoms with Gasteiger partial charge in [-0.25, -0.2) is 4.79 Å². The number of carboxylic acid groups (broad SMARTS) is 1. The number of alkyl halides is 3. The van der Waals surface area contributed by atoms with Crippen molar-refractivity contribution in [3.8, 4) is 0 Å². The number of aliphatic hydroxyl groups is 2. The summed E-state index contributed by atoms with van der Waals surface area (Å²) in [5.41, 5.74) is -3.28. The summed E-state index contributed by atoms with van der Waals surface area (Å²) in [5.74, 6) is -1.71. The number of aromatic carboxylic acids is 1. The zero-order chi connectivity index (χ0) is 15.6. The first-order valence-electron chi connectivity index (χ1n) is 5.57. The topological polar surface area (TPSA) is 89.8 Å². The molecule has 0 spiro atoms. The van der Waals surface area contributed by atoms with E-state index in [-0.39, 0.29) is 5.69 Å². The summed E-state index contributed by atoms with van der Waals surface area (Å²) in [6.45, 7) is 0.477. The first kappa shape index (κ1) is 16.3. The van der Waals surface area contributed by atoms with Crippen molar-refractivity contribution >= 4 is 11.7 Å². The van der Waals surface area contributed by atoms with Crippen LogP contribution in [0.3, 0.4) is 0 Å². The van der Waals surface area contributed by atoms with Crippen LogP contribution < -0.4 is 5.32 Å². The normalized spacial score (nSPS) is 12.3. The molecule has 0 radical (unpaired) electrons. The van der Waals surface area contributed by atoms with Crippen molar-refractivity contribution in [1.29, 1.82) is 0 Å². The number of hydrogen-bond acceptors (Lipinski definition) is 4. The number of anilines is 1. The zero-order valence-electron chi connectivity index (χ0n) is 10.5. The van der Waals surface area contributed by atoms with Gasteiger partial charge in [0.05, 0.1) is 29.9 Å². The molecule has 0 amide bonds. The molecule has 0 bridgehead atoms. The van der Waals surface area contributed by atoms with Gasteiger partial charge in [-0.05, 0) is 25.1 Å². The molecule has 0 aromatic heterocycles. The van der Waals surface area contributed by atoms with Gasteiger partial charge in [-0.2, -0.15) is 13.2 Å². The number of aliphatic hydroxyl groups excluding tert-OH is 2. The van der Waals surface area contributed by atoms with Crippen LogP contribution >= 0.6 is 0 Å². The fourth-order valence-electron chi connectivity index (χ4n) is 1.52. The van der Waals surface area contributed by atoms with Gasteiger partial charge in [-0.15, -0.1) is 0 Å². The Balaban J connectivity index is 3.21. The van der Waals surface area contributed by atoms with Crippen LogP contribution in [0.2, 0.25) is 0 Å². The molecule has 1 aromatic carbocycles. The predicted molar refractivity (Wildman–Crippen MR) is 64.6 cm³/mol. The number of carboxylic acids is 1. The lowest BCUT2D eigenvalue weighted by atomic mass is 10.0. The Morgan fingerprint density at radius 3 is 2.20 bits per heavy atom. The monoisotopic (exact) mass is 293 g/mol. The number of hydrogen-bond donors (Lipinski definition) is 4. The largest absolute Gasteiger partial charge is 0.478 e. The molecule has 8 heteroatoms. The van der Waals surface area contributed by atoms with Crippen molar-refractivity contribution in [2.75, 3.05) is 18.5 Å². The fourth-order valence-corrected chi connectivity index (χ4v) is 1.52. The lowest BCUT2D eigenvalue weighted by Crippen LogP contribution is -2.42. The SMILES string of the molecule is CC(CO)(CO)Nc1ccc(C(F)(F)F)c(C(=O)O)c1. The van der Waals surface area contributed by atoms with Crippen LogP contribution in [-0.4, -0.2) is 40.0 Å². The van der Waals surface area contributed by atoms with E-state index in [1.807, 2.05) is 0 Å². The molecule has 1 aromatic rings. The smallest absolute Gasteiger partial charge is 0.417 e. The second kappa shape index (κ2) is 5.68. The third-order valence-corrected chi connectivity index (χ3v) is 2.70. The lowest BCUT2D eigenvalue weighted by Gasteiger charge is -2.28. The van der Waals surface area contributed by atoms with E-state index in [9.17, 15) is 18.0 Å². The summed E-state index contributed by atoms with van der Waals surface area (Å²) < 4.78 is 37.9. The van der Waals surface area contributed by atoms with E-state index in [1.165, 1.54) is 6.92 Å². The van der Waals surface area contributed by atoms with E-state index < -0.39 is 42.0 Å². The van der Waals surface area contributed by atoms with Crippen molar-refractivity contribution in [2.45, 2.75) is 18.6 Å². The molecule has 112 valence electrons. The molecule has 4 N–H and O–H groups in total. The molecule has 20 heavy (non-hydrogen) atoms. The number of nitrogens with one attached hydrogen (secondary N) is 1. The number of benzene rings is 1. The molecule has 0 unspecified atom stereocenters. The van der Waals surface area contributed by atoms with Crippen molar-refractivity contribution in [3.05, 3.63) is 29.3 Å². The minimum absolute atomic E-state index is 0.0565. The number of halogens is 3. The van der Waals surface area contributed by atoms with Crippen LogP contribution in [0.1, 0.15) is 22.8 Å². The second-order valence-electron chi connectivity index (χ2n) is 4.57. The first-order valence-corrected chi connectivity index (χ1v) is 5.57. The maximum absolute atomic E-state index is 12.6. The van der Waals surface area contributed by atoms with Crippen LogP contribution in [0.25, 0.3) is 0 Å². The third kappa shape index (κ3) is 3.61. The second-order valence-corrected chi connectivity index (χ2v) is 4.57. The molecule has 0 atom stereocenters. The molecule has 0 fully saturated rings. The molecular weight excluding hydrogens is 279 g/mol. The van der Waals surface area contributed by atoms with Crippen molar-refractivity contribution in [3.63, 3.8) is 0 Å².